The molecule has 0 fully saturated rings. The SMILES string of the molecule is C=C[C@H](C)CCC=C(C)C. The first kappa shape index (κ1) is 9.48. The summed E-state index contributed by atoms with van der Waals surface area (Å²) in [5.41, 5.74) is 1.41. The molecular formula is C10H18. The fourth-order valence-corrected chi connectivity index (χ4v) is 0.753. The maximum absolute atomic E-state index is 3.74. The van der Waals surface area contributed by atoms with Crippen molar-refractivity contribution in [1.82, 2.24) is 0 Å². The summed E-state index contributed by atoms with van der Waals surface area (Å²) in [4.78, 5) is 0. The van der Waals surface area contributed by atoms with Crippen LogP contribution in [0.2, 0.25) is 0 Å². The summed E-state index contributed by atoms with van der Waals surface area (Å²) < 4.78 is 0. The Morgan fingerprint density at radius 2 is 2.10 bits per heavy atom. The molecule has 0 saturated heterocycles. The summed E-state index contributed by atoms with van der Waals surface area (Å²) in [6.45, 7) is 10.2. The molecule has 0 bridgehead atoms. The van der Waals surface area contributed by atoms with Crippen molar-refractivity contribution in [1.29, 1.82) is 0 Å². The van der Waals surface area contributed by atoms with Crippen LogP contribution in [0.1, 0.15) is 33.6 Å². The van der Waals surface area contributed by atoms with Gasteiger partial charge in [-0.25, -0.2) is 0 Å². The molecule has 0 aliphatic rings. The number of hydrogen-bond acceptors (Lipinski definition) is 0. The van der Waals surface area contributed by atoms with E-state index in [-0.39, 0.29) is 0 Å². The Hall–Kier alpha value is -0.520. The second kappa shape index (κ2) is 5.28. The van der Waals surface area contributed by atoms with E-state index >= 15 is 0 Å². The van der Waals surface area contributed by atoms with E-state index in [4.69, 9.17) is 0 Å². The van der Waals surface area contributed by atoms with Crippen molar-refractivity contribution in [3.8, 4) is 0 Å². The maximum Gasteiger partial charge on any atom is -0.0262 e. The van der Waals surface area contributed by atoms with Gasteiger partial charge in [-0.05, 0) is 32.6 Å². The van der Waals surface area contributed by atoms with Crippen LogP contribution >= 0.6 is 0 Å². The predicted molar refractivity (Wildman–Crippen MR) is 48.0 cm³/mol. The summed E-state index contributed by atoms with van der Waals surface area (Å²) in [7, 11) is 0. The molecule has 0 amide bonds. The largest absolute Gasteiger partial charge is 0.103 e. The van der Waals surface area contributed by atoms with Crippen molar-refractivity contribution in [3.05, 3.63) is 24.3 Å². The molecule has 0 aliphatic heterocycles. The Balaban J connectivity index is 3.36. The van der Waals surface area contributed by atoms with Crippen molar-refractivity contribution >= 4 is 0 Å². The van der Waals surface area contributed by atoms with Crippen molar-refractivity contribution < 1.29 is 0 Å². The molecular weight excluding hydrogens is 120 g/mol. The van der Waals surface area contributed by atoms with Gasteiger partial charge in [0.2, 0.25) is 0 Å². The summed E-state index contributed by atoms with van der Waals surface area (Å²) in [6.07, 6.45) is 6.71. The van der Waals surface area contributed by atoms with Crippen LogP contribution in [0.5, 0.6) is 0 Å². The maximum atomic E-state index is 3.74. The van der Waals surface area contributed by atoms with Crippen molar-refractivity contribution in [3.63, 3.8) is 0 Å². The van der Waals surface area contributed by atoms with Crippen LogP contribution in [0, 0.1) is 5.92 Å². The molecule has 0 unspecified atom stereocenters. The summed E-state index contributed by atoms with van der Waals surface area (Å²) in [5.74, 6) is 0.663. The van der Waals surface area contributed by atoms with Crippen LogP contribution in [0.15, 0.2) is 24.3 Å². The molecule has 0 spiro atoms. The molecule has 0 nitrogen and oxygen atoms in total. The van der Waals surface area contributed by atoms with Crippen LogP contribution in [-0.4, -0.2) is 0 Å². The summed E-state index contributed by atoms with van der Waals surface area (Å²) >= 11 is 0. The first-order valence-corrected chi connectivity index (χ1v) is 3.92. The van der Waals surface area contributed by atoms with E-state index < -0.39 is 0 Å². The lowest BCUT2D eigenvalue weighted by Crippen LogP contribution is -1.86. The zero-order valence-electron chi connectivity index (χ0n) is 7.35. The van der Waals surface area contributed by atoms with Crippen LogP contribution in [0.3, 0.4) is 0 Å². The first-order valence-electron chi connectivity index (χ1n) is 3.92. The third kappa shape index (κ3) is 5.61. The van der Waals surface area contributed by atoms with E-state index in [2.05, 4.69) is 33.4 Å². The molecule has 0 aromatic rings. The van der Waals surface area contributed by atoms with Crippen LogP contribution in [-0.2, 0) is 0 Å². The summed E-state index contributed by atoms with van der Waals surface area (Å²) in [6, 6.07) is 0. The third-order valence-corrected chi connectivity index (χ3v) is 1.58. The average molecular weight is 138 g/mol. The van der Waals surface area contributed by atoms with E-state index in [0.717, 1.165) is 0 Å². The second-order valence-electron chi connectivity index (χ2n) is 3.07. The van der Waals surface area contributed by atoms with Gasteiger partial charge >= 0.3 is 0 Å². The molecule has 0 aromatic heterocycles. The Labute approximate surface area is 64.6 Å². The van der Waals surface area contributed by atoms with Gasteiger partial charge in [0.15, 0.2) is 0 Å². The van der Waals surface area contributed by atoms with Gasteiger partial charge in [0.05, 0.1) is 0 Å². The van der Waals surface area contributed by atoms with Gasteiger partial charge in [-0.1, -0.05) is 24.6 Å². The van der Waals surface area contributed by atoms with Gasteiger partial charge in [-0.15, -0.1) is 6.58 Å². The Bertz CT molecular complexity index is 116. The lowest BCUT2D eigenvalue weighted by Gasteiger charge is -2.01. The minimum absolute atomic E-state index is 0.663. The van der Waals surface area contributed by atoms with Crippen LogP contribution in [0.4, 0.5) is 0 Å². The third-order valence-electron chi connectivity index (χ3n) is 1.58. The number of hydrogen-bond donors (Lipinski definition) is 0. The van der Waals surface area contributed by atoms with Crippen molar-refractivity contribution in [2.24, 2.45) is 5.92 Å². The molecule has 58 valence electrons. The first-order chi connectivity index (χ1) is 4.66. The van der Waals surface area contributed by atoms with Gasteiger partial charge in [-0.3, -0.25) is 0 Å². The van der Waals surface area contributed by atoms with Gasteiger partial charge in [0.25, 0.3) is 0 Å². The fraction of sp³-hybridized carbons (Fsp3) is 0.600. The standard InChI is InChI=1S/C10H18/c1-5-10(4)8-6-7-9(2)3/h5,7,10H,1,6,8H2,2-4H3/t10-/m0/s1. The molecule has 0 saturated carbocycles. The monoisotopic (exact) mass is 138 g/mol. The lowest BCUT2D eigenvalue weighted by atomic mass is 10.1. The van der Waals surface area contributed by atoms with Crippen LogP contribution < -0.4 is 0 Å². The van der Waals surface area contributed by atoms with Gasteiger partial charge < -0.3 is 0 Å². The summed E-state index contributed by atoms with van der Waals surface area (Å²) in [5, 5.41) is 0. The number of allylic oxidation sites excluding steroid dienone is 3. The number of rotatable bonds is 4. The molecule has 0 radical (unpaired) electrons. The van der Waals surface area contributed by atoms with Crippen molar-refractivity contribution in [2.75, 3.05) is 0 Å². The second-order valence-corrected chi connectivity index (χ2v) is 3.07. The molecule has 0 N–H and O–H groups in total. The van der Waals surface area contributed by atoms with Crippen LogP contribution in [0.25, 0.3) is 0 Å². The molecule has 0 aliphatic carbocycles. The molecule has 0 rings (SSSR count). The zero-order chi connectivity index (χ0) is 7.98. The Morgan fingerprint density at radius 3 is 2.50 bits per heavy atom. The van der Waals surface area contributed by atoms with Gasteiger partial charge in [0, 0.05) is 0 Å². The molecule has 1 atom stereocenters. The van der Waals surface area contributed by atoms with E-state index in [0.29, 0.717) is 5.92 Å². The van der Waals surface area contributed by atoms with Crippen molar-refractivity contribution in [2.45, 2.75) is 33.6 Å². The average Bonchev–Trinajstić information content (AvgIpc) is 1.87. The lowest BCUT2D eigenvalue weighted by molar-refractivity contribution is 0.658. The highest BCUT2D eigenvalue weighted by Crippen LogP contribution is 2.07. The minimum Gasteiger partial charge on any atom is -0.103 e. The predicted octanol–water partition coefficient (Wildman–Crippen LogP) is 3.55. The quantitative estimate of drug-likeness (QED) is 0.521. The van der Waals surface area contributed by atoms with E-state index in [1.807, 2.05) is 6.08 Å². The molecule has 10 heavy (non-hydrogen) atoms. The highest BCUT2D eigenvalue weighted by molar-refractivity contribution is 4.93. The van der Waals surface area contributed by atoms with E-state index in [1.54, 1.807) is 0 Å². The Kier molecular flexibility index (Phi) is 5.00. The van der Waals surface area contributed by atoms with Gasteiger partial charge in [-0.2, -0.15) is 0 Å². The minimum atomic E-state index is 0.663. The van der Waals surface area contributed by atoms with Gasteiger partial charge in [0.1, 0.15) is 0 Å². The highest BCUT2D eigenvalue weighted by atomic mass is 14.0. The fourth-order valence-electron chi connectivity index (χ4n) is 0.753. The zero-order valence-corrected chi connectivity index (χ0v) is 7.35. The highest BCUT2D eigenvalue weighted by Gasteiger charge is 1.92. The molecule has 0 aromatic carbocycles. The smallest absolute Gasteiger partial charge is 0.0262 e. The molecule has 0 heterocycles. The topological polar surface area (TPSA) is 0 Å². The van der Waals surface area contributed by atoms with E-state index in [1.165, 1.54) is 18.4 Å². The normalized spacial score (nSPS) is 12.3. The van der Waals surface area contributed by atoms with E-state index in [9.17, 15) is 0 Å². The molecule has 0 heteroatoms. The Morgan fingerprint density at radius 1 is 1.50 bits per heavy atom.